The van der Waals surface area contributed by atoms with Gasteiger partial charge in [-0.05, 0) is 42.3 Å². The molecule has 3 rings (SSSR count). The fraction of sp³-hybridized carbons (Fsp3) is 0.368. The van der Waals surface area contributed by atoms with Gasteiger partial charge in [-0.1, -0.05) is 42.5 Å². The highest BCUT2D eigenvalue weighted by Crippen LogP contribution is 2.23. The van der Waals surface area contributed by atoms with E-state index in [2.05, 4.69) is 76.2 Å². The Hall–Kier alpha value is -1.33. The van der Waals surface area contributed by atoms with Gasteiger partial charge in [0.15, 0.2) is 0 Å². The van der Waals surface area contributed by atoms with Crippen LogP contribution < -0.4 is 5.32 Å². The van der Waals surface area contributed by atoms with Gasteiger partial charge in [0.1, 0.15) is 0 Å². The second-order valence-electron chi connectivity index (χ2n) is 6.03. The fourth-order valence-electron chi connectivity index (χ4n) is 2.84. The summed E-state index contributed by atoms with van der Waals surface area (Å²) in [6.07, 6.45) is 0. The van der Waals surface area contributed by atoms with E-state index in [1.165, 1.54) is 16.0 Å². The zero-order chi connectivity index (χ0) is 15.9. The van der Waals surface area contributed by atoms with Crippen molar-refractivity contribution in [1.29, 1.82) is 0 Å². The van der Waals surface area contributed by atoms with Gasteiger partial charge in [-0.2, -0.15) is 0 Å². The monoisotopic (exact) mass is 327 g/mol. The van der Waals surface area contributed by atoms with Crippen LogP contribution in [0.3, 0.4) is 0 Å². The molecule has 2 aromatic carbocycles. The standard InChI is InChI=1S/C19H25N3S/c1-21(15-17-5-3-2-4-6-17)23-19-9-7-18(8-10-19)16-22-13-11-20-12-14-22/h2-10,20H,11-16H2,1H3. The first-order valence-electron chi connectivity index (χ1n) is 8.25. The van der Waals surface area contributed by atoms with Gasteiger partial charge in [-0.25, -0.2) is 4.31 Å². The van der Waals surface area contributed by atoms with Crippen LogP contribution >= 0.6 is 11.9 Å². The minimum absolute atomic E-state index is 0.952. The van der Waals surface area contributed by atoms with Crippen LogP contribution in [0.25, 0.3) is 0 Å². The van der Waals surface area contributed by atoms with Gasteiger partial charge in [0.05, 0.1) is 0 Å². The van der Waals surface area contributed by atoms with Crippen LogP contribution in [-0.2, 0) is 13.1 Å². The van der Waals surface area contributed by atoms with Crippen molar-refractivity contribution in [3.8, 4) is 0 Å². The van der Waals surface area contributed by atoms with E-state index >= 15 is 0 Å². The fourth-order valence-corrected chi connectivity index (χ4v) is 3.67. The predicted molar refractivity (Wildman–Crippen MR) is 98.4 cm³/mol. The summed E-state index contributed by atoms with van der Waals surface area (Å²) in [6.45, 7) is 6.53. The van der Waals surface area contributed by atoms with Crippen molar-refractivity contribution >= 4 is 11.9 Å². The summed E-state index contributed by atoms with van der Waals surface area (Å²) in [5, 5.41) is 3.40. The lowest BCUT2D eigenvalue weighted by Crippen LogP contribution is -2.42. The van der Waals surface area contributed by atoms with Gasteiger partial charge >= 0.3 is 0 Å². The molecule has 1 N–H and O–H groups in total. The Bertz CT molecular complexity index is 579. The maximum absolute atomic E-state index is 3.40. The summed E-state index contributed by atoms with van der Waals surface area (Å²) >= 11 is 1.80. The number of benzene rings is 2. The Morgan fingerprint density at radius 2 is 1.65 bits per heavy atom. The number of rotatable bonds is 6. The minimum atomic E-state index is 0.952. The summed E-state index contributed by atoms with van der Waals surface area (Å²) in [4.78, 5) is 3.81. The first-order chi connectivity index (χ1) is 11.3. The van der Waals surface area contributed by atoms with Crippen molar-refractivity contribution in [3.05, 3.63) is 65.7 Å². The maximum Gasteiger partial charge on any atom is 0.0340 e. The summed E-state index contributed by atoms with van der Waals surface area (Å²) in [6, 6.07) is 19.6. The Morgan fingerprint density at radius 3 is 2.35 bits per heavy atom. The SMILES string of the molecule is CN(Cc1ccccc1)Sc1ccc(CN2CCNCC2)cc1. The molecule has 0 spiro atoms. The van der Waals surface area contributed by atoms with E-state index in [9.17, 15) is 0 Å². The van der Waals surface area contributed by atoms with Crippen molar-refractivity contribution in [2.45, 2.75) is 18.0 Å². The van der Waals surface area contributed by atoms with Gasteiger partial charge < -0.3 is 5.32 Å². The van der Waals surface area contributed by atoms with Crippen LogP contribution in [0.4, 0.5) is 0 Å². The van der Waals surface area contributed by atoms with Crippen molar-refractivity contribution in [2.24, 2.45) is 0 Å². The highest BCUT2D eigenvalue weighted by atomic mass is 32.2. The van der Waals surface area contributed by atoms with Crippen molar-refractivity contribution < 1.29 is 0 Å². The molecule has 0 bridgehead atoms. The summed E-state index contributed by atoms with van der Waals surface area (Å²) in [5.74, 6) is 0. The van der Waals surface area contributed by atoms with Crippen LogP contribution in [0.1, 0.15) is 11.1 Å². The zero-order valence-corrected chi connectivity index (χ0v) is 14.6. The molecule has 0 unspecified atom stereocenters. The van der Waals surface area contributed by atoms with Crippen LogP contribution in [0.2, 0.25) is 0 Å². The van der Waals surface area contributed by atoms with Crippen LogP contribution in [0.5, 0.6) is 0 Å². The van der Waals surface area contributed by atoms with E-state index in [1.54, 1.807) is 11.9 Å². The van der Waals surface area contributed by atoms with E-state index < -0.39 is 0 Å². The largest absolute Gasteiger partial charge is 0.314 e. The van der Waals surface area contributed by atoms with Gasteiger partial charge in [0.2, 0.25) is 0 Å². The third-order valence-corrected chi connectivity index (χ3v) is 4.97. The highest BCUT2D eigenvalue weighted by molar-refractivity contribution is 7.97. The maximum atomic E-state index is 3.40. The number of hydrogen-bond donors (Lipinski definition) is 1. The van der Waals surface area contributed by atoms with Gasteiger partial charge in [0, 0.05) is 44.2 Å². The van der Waals surface area contributed by atoms with E-state index in [-0.39, 0.29) is 0 Å². The molecule has 1 fully saturated rings. The molecule has 1 heterocycles. The molecule has 1 aliphatic heterocycles. The Labute approximate surface area is 143 Å². The minimum Gasteiger partial charge on any atom is -0.314 e. The summed E-state index contributed by atoms with van der Waals surface area (Å²) in [5.41, 5.74) is 2.75. The molecule has 0 amide bonds. The molecular formula is C19H25N3S. The number of piperazine rings is 1. The van der Waals surface area contributed by atoms with Crippen molar-refractivity contribution in [3.63, 3.8) is 0 Å². The van der Waals surface area contributed by atoms with Crippen molar-refractivity contribution in [1.82, 2.24) is 14.5 Å². The molecule has 0 aliphatic carbocycles. The molecule has 1 aliphatic rings. The van der Waals surface area contributed by atoms with E-state index in [0.29, 0.717) is 0 Å². The second-order valence-corrected chi connectivity index (χ2v) is 7.31. The summed E-state index contributed by atoms with van der Waals surface area (Å²) in [7, 11) is 2.15. The van der Waals surface area contributed by atoms with Crippen LogP contribution in [-0.4, -0.2) is 42.4 Å². The average Bonchev–Trinajstić information content (AvgIpc) is 2.58. The van der Waals surface area contributed by atoms with Gasteiger partial charge in [0.25, 0.3) is 0 Å². The molecule has 0 saturated carbocycles. The Kier molecular flexibility index (Phi) is 6.11. The van der Waals surface area contributed by atoms with E-state index in [0.717, 1.165) is 39.3 Å². The number of nitrogens with zero attached hydrogens (tertiary/aromatic N) is 2. The smallest absolute Gasteiger partial charge is 0.0340 e. The lowest BCUT2D eigenvalue weighted by molar-refractivity contribution is 0.233. The topological polar surface area (TPSA) is 18.5 Å². The van der Waals surface area contributed by atoms with E-state index in [4.69, 9.17) is 0 Å². The lowest BCUT2D eigenvalue weighted by atomic mass is 10.2. The molecule has 23 heavy (non-hydrogen) atoms. The van der Waals surface area contributed by atoms with Crippen LogP contribution in [0.15, 0.2) is 59.5 Å². The second kappa shape index (κ2) is 8.50. The molecule has 2 aromatic rings. The quantitative estimate of drug-likeness (QED) is 0.821. The number of nitrogens with one attached hydrogen (secondary N) is 1. The Balaban J connectivity index is 1.50. The highest BCUT2D eigenvalue weighted by Gasteiger charge is 2.10. The molecule has 0 radical (unpaired) electrons. The lowest BCUT2D eigenvalue weighted by Gasteiger charge is -2.27. The molecule has 1 saturated heterocycles. The third kappa shape index (κ3) is 5.36. The predicted octanol–water partition coefficient (Wildman–Crippen LogP) is 3.23. The zero-order valence-electron chi connectivity index (χ0n) is 13.7. The number of hydrogen-bond acceptors (Lipinski definition) is 4. The average molecular weight is 327 g/mol. The van der Waals surface area contributed by atoms with Crippen LogP contribution in [0, 0.1) is 0 Å². The molecule has 4 heteroatoms. The molecule has 3 nitrogen and oxygen atoms in total. The Morgan fingerprint density at radius 1 is 0.957 bits per heavy atom. The molecule has 122 valence electrons. The third-order valence-electron chi connectivity index (χ3n) is 4.05. The van der Waals surface area contributed by atoms with Gasteiger partial charge in [-0.15, -0.1) is 0 Å². The normalized spacial score (nSPS) is 15.9. The first-order valence-corrected chi connectivity index (χ1v) is 9.02. The molecular weight excluding hydrogens is 302 g/mol. The first kappa shape index (κ1) is 16.5. The summed E-state index contributed by atoms with van der Waals surface area (Å²) < 4.78 is 2.28. The molecule has 0 atom stereocenters. The van der Waals surface area contributed by atoms with Gasteiger partial charge in [-0.3, -0.25) is 4.90 Å². The van der Waals surface area contributed by atoms with E-state index in [1.807, 2.05) is 0 Å². The van der Waals surface area contributed by atoms with Crippen molar-refractivity contribution in [2.75, 3.05) is 33.2 Å². The molecule has 0 aromatic heterocycles.